The van der Waals surface area contributed by atoms with E-state index < -0.39 is 17.0 Å². The Kier molecular flexibility index (Phi) is 21.6. The zero-order valence-corrected chi connectivity index (χ0v) is 25.7. The quantitative estimate of drug-likeness (QED) is 0.0875. The number of hydrogen-bond donors (Lipinski definition) is 1. The summed E-state index contributed by atoms with van der Waals surface area (Å²) in [5, 5.41) is 12.8. The van der Waals surface area contributed by atoms with Crippen molar-refractivity contribution < 1.29 is 19.3 Å². The van der Waals surface area contributed by atoms with Crippen molar-refractivity contribution in [3.63, 3.8) is 0 Å². The Balaban J connectivity index is 6.06. The highest BCUT2D eigenvalue weighted by atomic mass is 16.9. The zero-order valence-electron chi connectivity index (χ0n) is 25.7. The van der Waals surface area contributed by atoms with Gasteiger partial charge in [-0.05, 0) is 46.5 Å². The van der Waals surface area contributed by atoms with Crippen LogP contribution in [0.4, 0.5) is 0 Å². The summed E-state index contributed by atoms with van der Waals surface area (Å²) in [6.45, 7) is 16.5. The van der Waals surface area contributed by atoms with Crippen LogP contribution in [-0.4, -0.2) is 36.5 Å². The molecule has 0 rings (SSSR count). The fourth-order valence-electron chi connectivity index (χ4n) is 6.32. The topological polar surface area (TPSA) is 47.9 Å². The lowest BCUT2D eigenvalue weighted by Gasteiger charge is -2.56. The van der Waals surface area contributed by atoms with Gasteiger partial charge in [0, 0.05) is 19.8 Å². The average molecular weight is 515 g/mol. The SMILES string of the molecule is CCCCCCCCCCC(O)(CCCCCCC)C(CCC)(CCC)C(OCC)(OCC)OCC. The summed E-state index contributed by atoms with van der Waals surface area (Å²) in [5.41, 5.74) is -1.48. The van der Waals surface area contributed by atoms with Crippen molar-refractivity contribution in [3.05, 3.63) is 0 Å². The van der Waals surface area contributed by atoms with E-state index >= 15 is 0 Å². The Morgan fingerprint density at radius 2 is 0.750 bits per heavy atom. The summed E-state index contributed by atoms with van der Waals surface area (Å²) in [7, 11) is 0. The molecule has 1 atom stereocenters. The molecule has 0 saturated heterocycles. The maximum Gasteiger partial charge on any atom is 0.291 e. The van der Waals surface area contributed by atoms with Gasteiger partial charge in [-0.3, -0.25) is 0 Å². The highest BCUT2D eigenvalue weighted by Gasteiger charge is 2.64. The van der Waals surface area contributed by atoms with E-state index in [2.05, 4.69) is 27.7 Å². The van der Waals surface area contributed by atoms with Gasteiger partial charge in [0.05, 0.1) is 11.0 Å². The first-order valence-electron chi connectivity index (χ1n) is 16.1. The van der Waals surface area contributed by atoms with E-state index in [0.29, 0.717) is 19.8 Å². The molecule has 1 N–H and O–H groups in total. The van der Waals surface area contributed by atoms with Crippen LogP contribution in [0.3, 0.4) is 0 Å². The second-order valence-corrected chi connectivity index (χ2v) is 10.9. The molecule has 0 amide bonds. The van der Waals surface area contributed by atoms with Gasteiger partial charge in [0.25, 0.3) is 5.97 Å². The Labute approximate surface area is 226 Å². The summed E-state index contributed by atoms with van der Waals surface area (Å²) in [4.78, 5) is 0. The fraction of sp³-hybridized carbons (Fsp3) is 1.00. The molecule has 1 unspecified atom stereocenters. The largest absolute Gasteiger partial charge is 0.389 e. The van der Waals surface area contributed by atoms with Crippen LogP contribution in [-0.2, 0) is 14.2 Å². The molecule has 0 aromatic carbocycles. The van der Waals surface area contributed by atoms with Gasteiger partial charge in [-0.1, -0.05) is 124 Å². The lowest BCUT2D eigenvalue weighted by Crippen LogP contribution is -2.65. The lowest BCUT2D eigenvalue weighted by atomic mass is 9.60. The van der Waals surface area contributed by atoms with Crippen LogP contribution in [0.5, 0.6) is 0 Å². The number of ether oxygens (including phenoxy) is 3. The van der Waals surface area contributed by atoms with Crippen LogP contribution in [0.15, 0.2) is 0 Å². The average Bonchev–Trinajstić information content (AvgIpc) is 2.85. The minimum absolute atomic E-state index is 0.500. The first-order chi connectivity index (χ1) is 17.4. The standard InChI is InChI=1S/C32H66O4/c1-8-15-17-19-20-21-23-25-29-31(33,28-24-22-18-16-9-2)30(26-10-3,27-11-4)32(34-12-5,35-13-6)36-14-7/h33H,8-29H2,1-7H3. The third-order valence-corrected chi connectivity index (χ3v) is 7.97. The van der Waals surface area contributed by atoms with Crippen molar-refractivity contribution in [1.29, 1.82) is 0 Å². The lowest BCUT2D eigenvalue weighted by molar-refractivity contribution is -0.453. The molecule has 0 aliphatic carbocycles. The summed E-state index contributed by atoms with van der Waals surface area (Å²) in [5.74, 6) is -1.21. The van der Waals surface area contributed by atoms with Crippen molar-refractivity contribution >= 4 is 0 Å². The highest BCUT2D eigenvalue weighted by molar-refractivity contribution is 5.04. The summed E-state index contributed by atoms with van der Waals surface area (Å²) in [6.07, 6.45) is 21.3. The minimum atomic E-state index is -1.21. The number of hydrogen-bond acceptors (Lipinski definition) is 4. The third kappa shape index (κ3) is 11.3. The van der Waals surface area contributed by atoms with Crippen molar-refractivity contribution in [2.75, 3.05) is 19.8 Å². The summed E-state index contributed by atoms with van der Waals surface area (Å²) >= 11 is 0. The molecule has 36 heavy (non-hydrogen) atoms. The van der Waals surface area contributed by atoms with Gasteiger partial charge in [-0.15, -0.1) is 0 Å². The van der Waals surface area contributed by atoms with Crippen molar-refractivity contribution in [2.24, 2.45) is 5.41 Å². The molecule has 4 heteroatoms. The predicted octanol–water partition coefficient (Wildman–Crippen LogP) is 9.96. The van der Waals surface area contributed by atoms with Crippen LogP contribution in [0, 0.1) is 5.41 Å². The van der Waals surface area contributed by atoms with E-state index in [1.54, 1.807) is 0 Å². The molecule has 0 aliphatic heterocycles. The second-order valence-electron chi connectivity index (χ2n) is 10.9. The monoisotopic (exact) mass is 514 g/mol. The molecule has 0 radical (unpaired) electrons. The smallest absolute Gasteiger partial charge is 0.291 e. The van der Waals surface area contributed by atoms with Gasteiger partial charge >= 0.3 is 0 Å². The Bertz CT molecular complexity index is 458. The Morgan fingerprint density at radius 1 is 0.417 bits per heavy atom. The zero-order chi connectivity index (χ0) is 27.2. The van der Waals surface area contributed by atoms with Crippen LogP contribution in [0.2, 0.25) is 0 Å². The maximum absolute atomic E-state index is 12.8. The summed E-state index contributed by atoms with van der Waals surface area (Å²) < 4.78 is 19.4. The highest BCUT2D eigenvalue weighted by Crippen LogP contribution is 2.56. The minimum Gasteiger partial charge on any atom is -0.389 e. The molecule has 0 heterocycles. The molecule has 0 bridgehead atoms. The van der Waals surface area contributed by atoms with Crippen molar-refractivity contribution in [2.45, 2.75) is 182 Å². The van der Waals surface area contributed by atoms with Gasteiger partial charge in [0.15, 0.2) is 0 Å². The van der Waals surface area contributed by atoms with Crippen LogP contribution >= 0.6 is 0 Å². The van der Waals surface area contributed by atoms with Gasteiger partial charge in [-0.2, -0.15) is 0 Å². The molecule has 218 valence electrons. The molecular weight excluding hydrogens is 448 g/mol. The molecule has 0 aliphatic rings. The van der Waals surface area contributed by atoms with E-state index in [4.69, 9.17) is 14.2 Å². The third-order valence-electron chi connectivity index (χ3n) is 7.97. The van der Waals surface area contributed by atoms with E-state index in [-0.39, 0.29) is 0 Å². The van der Waals surface area contributed by atoms with E-state index in [9.17, 15) is 5.11 Å². The molecule has 0 fully saturated rings. The summed E-state index contributed by atoms with van der Waals surface area (Å²) in [6, 6.07) is 0. The van der Waals surface area contributed by atoms with Crippen molar-refractivity contribution in [3.8, 4) is 0 Å². The van der Waals surface area contributed by atoms with Gasteiger partial charge in [0.2, 0.25) is 0 Å². The van der Waals surface area contributed by atoms with E-state index in [1.165, 1.54) is 70.6 Å². The molecule has 0 spiro atoms. The van der Waals surface area contributed by atoms with Crippen LogP contribution < -0.4 is 0 Å². The van der Waals surface area contributed by atoms with E-state index in [0.717, 1.165) is 51.4 Å². The first kappa shape index (κ1) is 35.8. The number of unbranched alkanes of at least 4 members (excludes halogenated alkanes) is 11. The van der Waals surface area contributed by atoms with Gasteiger partial charge < -0.3 is 19.3 Å². The van der Waals surface area contributed by atoms with E-state index in [1.807, 2.05) is 20.8 Å². The predicted molar refractivity (Wildman–Crippen MR) is 155 cm³/mol. The van der Waals surface area contributed by atoms with Crippen LogP contribution in [0.1, 0.15) is 170 Å². The molecule has 0 aromatic rings. The molecular formula is C32H66O4. The maximum atomic E-state index is 12.8. The second kappa shape index (κ2) is 21.7. The molecule has 0 saturated carbocycles. The van der Waals surface area contributed by atoms with Crippen LogP contribution in [0.25, 0.3) is 0 Å². The van der Waals surface area contributed by atoms with Gasteiger partial charge in [0.1, 0.15) is 0 Å². The first-order valence-corrected chi connectivity index (χ1v) is 16.1. The molecule has 0 aromatic heterocycles. The Hall–Kier alpha value is -0.160. The fourth-order valence-corrected chi connectivity index (χ4v) is 6.32. The number of aliphatic hydroxyl groups is 1. The van der Waals surface area contributed by atoms with Crippen molar-refractivity contribution in [1.82, 2.24) is 0 Å². The van der Waals surface area contributed by atoms with Gasteiger partial charge in [-0.25, -0.2) is 0 Å². The molecule has 4 nitrogen and oxygen atoms in total. The normalized spacial score (nSPS) is 14.3. The Morgan fingerprint density at radius 3 is 1.06 bits per heavy atom. The number of rotatable bonds is 27.